The predicted octanol–water partition coefficient (Wildman–Crippen LogP) is 2.36. The van der Waals surface area contributed by atoms with Crippen LogP contribution in [0.15, 0.2) is 18.2 Å². The standard InChI is InChI=1S/C13H14O4/c1-13(2)5-4-9-10(14)6-8(12(15)16-3)7-11(9)17-13/h4-7,14H,1-3H3. The van der Waals surface area contributed by atoms with Gasteiger partial charge < -0.3 is 14.6 Å². The smallest absolute Gasteiger partial charge is 0.338 e. The quantitative estimate of drug-likeness (QED) is 0.758. The highest BCUT2D eigenvalue weighted by molar-refractivity contribution is 5.91. The van der Waals surface area contributed by atoms with Crippen molar-refractivity contribution in [2.75, 3.05) is 7.11 Å². The minimum atomic E-state index is -0.501. The molecule has 0 saturated carbocycles. The fraction of sp³-hybridized carbons (Fsp3) is 0.308. The molecule has 90 valence electrons. The van der Waals surface area contributed by atoms with Crippen molar-refractivity contribution in [3.05, 3.63) is 29.3 Å². The molecule has 1 aliphatic rings. The normalized spacial score (nSPS) is 15.9. The lowest BCUT2D eigenvalue weighted by Crippen LogP contribution is -2.27. The Labute approximate surface area is 99.5 Å². The molecule has 0 atom stereocenters. The van der Waals surface area contributed by atoms with Crippen molar-refractivity contribution in [2.24, 2.45) is 0 Å². The van der Waals surface area contributed by atoms with Crippen molar-refractivity contribution >= 4 is 12.0 Å². The van der Waals surface area contributed by atoms with Crippen LogP contribution in [-0.2, 0) is 4.74 Å². The molecule has 0 aliphatic carbocycles. The summed E-state index contributed by atoms with van der Waals surface area (Å²) < 4.78 is 10.3. The molecule has 1 heterocycles. The molecule has 0 unspecified atom stereocenters. The minimum absolute atomic E-state index is 0.00894. The van der Waals surface area contributed by atoms with E-state index in [4.69, 9.17) is 4.74 Å². The first-order chi connectivity index (χ1) is 7.93. The van der Waals surface area contributed by atoms with E-state index in [1.165, 1.54) is 13.2 Å². The van der Waals surface area contributed by atoms with Crippen molar-refractivity contribution < 1.29 is 19.4 Å². The van der Waals surface area contributed by atoms with Gasteiger partial charge in [0.25, 0.3) is 0 Å². The number of phenols is 1. The summed E-state index contributed by atoms with van der Waals surface area (Å²) in [4.78, 5) is 11.4. The SMILES string of the molecule is COC(=O)c1cc(O)c2c(c1)OC(C)(C)C=C2. The first-order valence-corrected chi connectivity index (χ1v) is 5.26. The molecule has 0 radical (unpaired) electrons. The van der Waals surface area contributed by atoms with E-state index in [0.717, 1.165) is 0 Å². The monoisotopic (exact) mass is 234 g/mol. The summed E-state index contributed by atoms with van der Waals surface area (Å²) in [6, 6.07) is 2.95. The van der Waals surface area contributed by atoms with E-state index in [0.29, 0.717) is 11.3 Å². The van der Waals surface area contributed by atoms with Gasteiger partial charge in [-0.3, -0.25) is 0 Å². The summed E-state index contributed by atoms with van der Waals surface area (Å²) >= 11 is 0. The van der Waals surface area contributed by atoms with Crippen LogP contribution in [0.4, 0.5) is 0 Å². The Balaban J connectivity index is 2.51. The van der Waals surface area contributed by atoms with Crippen molar-refractivity contribution in [3.63, 3.8) is 0 Å². The van der Waals surface area contributed by atoms with Gasteiger partial charge in [0.05, 0.1) is 18.2 Å². The number of fused-ring (bicyclic) bond motifs is 1. The molecule has 4 nitrogen and oxygen atoms in total. The van der Waals surface area contributed by atoms with Gasteiger partial charge in [-0.1, -0.05) is 0 Å². The maximum absolute atomic E-state index is 11.4. The second-order valence-electron chi connectivity index (χ2n) is 4.44. The number of carbonyl (C=O) groups excluding carboxylic acids is 1. The highest BCUT2D eigenvalue weighted by atomic mass is 16.5. The number of methoxy groups -OCH3 is 1. The third-order valence-electron chi connectivity index (χ3n) is 2.57. The van der Waals surface area contributed by atoms with Gasteiger partial charge in [-0.2, -0.15) is 0 Å². The summed E-state index contributed by atoms with van der Waals surface area (Å²) in [6.45, 7) is 3.79. The van der Waals surface area contributed by atoms with E-state index in [-0.39, 0.29) is 11.3 Å². The summed E-state index contributed by atoms with van der Waals surface area (Å²) in [5, 5.41) is 9.81. The van der Waals surface area contributed by atoms with Gasteiger partial charge in [0.2, 0.25) is 0 Å². The van der Waals surface area contributed by atoms with Gasteiger partial charge in [0, 0.05) is 0 Å². The van der Waals surface area contributed by atoms with E-state index < -0.39 is 11.6 Å². The molecule has 0 amide bonds. The lowest BCUT2D eigenvalue weighted by Gasteiger charge is -2.28. The zero-order chi connectivity index (χ0) is 12.6. The second kappa shape index (κ2) is 3.80. The largest absolute Gasteiger partial charge is 0.507 e. The molecule has 2 rings (SSSR count). The van der Waals surface area contributed by atoms with Crippen LogP contribution in [0.25, 0.3) is 6.08 Å². The number of hydrogen-bond donors (Lipinski definition) is 1. The Bertz CT molecular complexity index is 500. The number of esters is 1. The number of rotatable bonds is 1. The predicted molar refractivity (Wildman–Crippen MR) is 63.2 cm³/mol. The molecule has 0 spiro atoms. The number of carbonyl (C=O) groups is 1. The van der Waals surface area contributed by atoms with Crippen molar-refractivity contribution in [2.45, 2.75) is 19.4 Å². The van der Waals surface area contributed by atoms with Crippen molar-refractivity contribution in [1.29, 1.82) is 0 Å². The van der Waals surface area contributed by atoms with Crippen LogP contribution in [0.1, 0.15) is 29.8 Å². The Morgan fingerprint density at radius 3 is 2.76 bits per heavy atom. The Morgan fingerprint density at radius 1 is 1.41 bits per heavy atom. The van der Waals surface area contributed by atoms with Crippen LogP contribution in [0.2, 0.25) is 0 Å². The summed E-state index contributed by atoms with van der Waals surface area (Å²) in [6.07, 6.45) is 3.64. The average Bonchev–Trinajstić information content (AvgIpc) is 2.25. The zero-order valence-corrected chi connectivity index (χ0v) is 9.98. The molecule has 0 aromatic heterocycles. The van der Waals surface area contributed by atoms with Gasteiger partial charge in [-0.15, -0.1) is 0 Å². The van der Waals surface area contributed by atoms with Crippen LogP contribution < -0.4 is 4.74 Å². The maximum atomic E-state index is 11.4. The molecule has 0 bridgehead atoms. The van der Waals surface area contributed by atoms with E-state index in [1.54, 1.807) is 12.1 Å². The van der Waals surface area contributed by atoms with Gasteiger partial charge in [0.15, 0.2) is 0 Å². The fourth-order valence-corrected chi connectivity index (χ4v) is 1.70. The topological polar surface area (TPSA) is 55.8 Å². The number of phenolic OH excluding ortho intramolecular Hbond substituents is 1. The van der Waals surface area contributed by atoms with Gasteiger partial charge in [0.1, 0.15) is 17.1 Å². The first-order valence-electron chi connectivity index (χ1n) is 5.26. The first kappa shape index (κ1) is 11.5. The van der Waals surface area contributed by atoms with Crippen LogP contribution in [-0.4, -0.2) is 23.8 Å². The Morgan fingerprint density at radius 2 is 2.12 bits per heavy atom. The minimum Gasteiger partial charge on any atom is -0.507 e. The summed E-state index contributed by atoms with van der Waals surface area (Å²) in [5.41, 5.74) is 0.403. The van der Waals surface area contributed by atoms with Crippen LogP contribution in [0, 0.1) is 0 Å². The number of aromatic hydroxyl groups is 1. The van der Waals surface area contributed by atoms with E-state index in [1.807, 2.05) is 19.9 Å². The fourth-order valence-electron chi connectivity index (χ4n) is 1.70. The van der Waals surface area contributed by atoms with E-state index >= 15 is 0 Å². The molecule has 4 heteroatoms. The third-order valence-corrected chi connectivity index (χ3v) is 2.57. The number of ether oxygens (including phenoxy) is 2. The highest BCUT2D eigenvalue weighted by Gasteiger charge is 2.24. The maximum Gasteiger partial charge on any atom is 0.338 e. The lowest BCUT2D eigenvalue weighted by atomic mass is 10.0. The Kier molecular flexibility index (Phi) is 2.58. The van der Waals surface area contributed by atoms with Crippen molar-refractivity contribution in [3.8, 4) is 11.5 Å². The summed E-state index contributed by atoms with van der Waals surface area (Å²) in [7, 11) is 1.30. The van der Waals surface area contributed by atoms with Gasteiger partial charge in [-0.25, -0.2) is 4.79 Å². The van der Waals surface area contributed by atoms with Crippen LogP contribution >= 0.6 is 0 Å². The number of hydrogen-bond acceptors (Lipinski definition) is 4. The molecule has 1 aliphatic heterocycles. The third kappa shape index (κ3) is 2.11. The molecular weight excluding hydrogens is 220 g/mol. The molecule has 17 heavy (non-hydrogen) atoms. The molecule has 0 saturated heterocycles. The van der Waals surface area contributed by atoms with E-state index in [2.05, 4.69) is 4.74 Å². The molecule has 1 aromatic rings. The molecule has 1 N–H and O–H groups in total. The highest BCUT2D eigenvalue weighted by Crippen LogP contribution is 2.37. The van der Waals surface area contributed by atoms with Crippen LogP contribution in [0.3, 0.4) is 0 Å². The zero-order valence-electron chi connectivity index (χ0n) is 9.98. The van der Waals surface area contributed by atoms with Crippen LogP contribution in [0.5, 0.6) is 11.5 Å². The van der Waals surface area contributed by atoms with Crippen molar-refractivity contribution in [1.82, 2.24) is 0 Å². The van der Waals surface area contributed by atoms with E-state index in [9.17, 15) is 9.90 Å². The molecule has 0 fully saturated rings. The second-order valence-corrected chi connectivity index (χ2v) is 4.44. The number of benzene rings is 1. The molecular formula is C13H14O4. The van der Waals surface area contributed by atoms with Gasteiger partial charge >= 0.3 is 5.97 Å². The molecule has 1 aromatic carbocycles. The average molecular weight is 234 g/mol. The van der Waals surface area contributed by atoms with Gasteiger partial charge in [-0.05, 0) is 38.1 Å². The summed E-state index contributed by atoms with van der Waals surface area (Å²) in [5.74, 6) is -0.00777. The Hall–Kier alpha value is -1.97. The lowest BCUT2D eigenvalue weighted by molar-refractivity contribution is 0.0598.